The van der Waals surface area contributed by atoms with Crippen LogP contribution in [0.1, 0.15) is 40.6 Å². The normalized spacial score (nSPS) is 10.9. The van der Waals surface area contributed by atoms with E-state index in [0.29, 0.717) is 21.9 Å². The molecule has 174 valence electrons. The topological polar surface area (TPSA) is 136 Å². The van der Waals surface area contributed by atoms with E-state index >= 15 is 0 Å². The number of nitrogens with zero attached hydrogens (tertiary/aromatic N) is 3. The molecule has 0 bridgehead atoms. The average molecular weight is 490 g/mol. The fourth-order valence-electron chi connectivity index (χ4n) is 3.03. The summed E-state index contributed by atoms with van der Waals surface area (Å²) >= 11 is 2.57. The number of aromatic nitrogens is 2. The van der Waals surface area contributed by atoms with Gasteiger partial charge in [-0.15, -0.1) is 11.3 Å². The van der Waals surface area contributed by atoms with Crippen LogP contribution in [0.2, 0.25) is 0 Å². The molecule has 0 atom stereocenters. The Morgan fingerprint density at radius 2 is 1.91 bits per heavy atom. The van der Waals surface area contributed by atoms with Crippen molar-refractivity contribution in [3.63, 3.8) is 0 Å². The quantitative estimate of drug-likeness (QED) is 0.214. The molecule has 33 heavy (non-hydrogen) atoms. The second kappa shape index (κ2) is 10.6. The lowest BCUT2D eigenvalue weighted by atomic mass is 10.2. The van der Waals surface area contributed by atoms with Gasteiger partial charge in [-0.3, -0.25) is 39.9 Å². The van der Waals surface area contributed by atoms with Crippen LogP contribution in [0.5, 0.6) is 0 Å². The van der Waals surface area contributed by atoms with Gasteiger partial charge in [-0.25, -0.2) is 4.98 Å². The van der Waals surface area contributed by atoms with E-state index in [1.54, 1.807) is 4.57 Å². The number of non-ortho nitro benzene ring substituents is 1. The molecule has 0 fully saturated rings. The van der Waals surface area contributed by atoms with Gasteiger partial charge in [0.1, 0.15) is 4.83 Å². The van der Waals surface area contributed by atoms with E-state index in [-0.39, 0.29) is 22.6 Å². The van der Waals surface area contributed by atoms with Crippen molar-refractivity contribution in [3.05, 3.63) is 60.7 Å². The van der Waals surface area contributed by atoms with Crippen molar-refractivity contribution in [2.45, 2.75) is 45.3 Å². The minimum atomic E-state index is -0.604. The summed E-state index contributed by atoms with van der Waals surface area (Å²) in [4.78, 5) is 54.0. The molecular formula is C21H23N5O5S2. The molecule has 3 rings (SSSR count). The standard InChI is InChI=1S/C21H23N5O5S2/c1-4-5-10-25-20(29)17-12(2)13(3)33-19(17)22-21(25)32-11-16(27)23-24-18(28)14-6-8-15(9-7-14)26(30)31/h6-9H,4-5,10-11H2,1-3H3,(H,23,27)(H,24,28). The van der Waals surface area contributed by atoms with Crippen molar-refractivity contribution < 1.29 is 14.5 Å². The molecule has 0 saturated carbocycles. The molecule has 2 N–H and O–H groups in total. The van der Waals surface area contributed by atoms with Crippen LogP contribution < -0.4 is 16.4 Å². The summed E-state index contributed by atoms with van der Waals surface area (Å²) in [6, 6.07) is 5.01. The van der Waals surface area contributed by atoms with Crippen molar-refractivity contribution in [2.24, 2.45) is 0 Å². The van der Waals surface area contributed by atoms with Crippen LogP contribution in [0, 0.1) is 24.0 Å². The first-order valence-corrected chi connectivity index (χ1v) is 12.0. The molecule has 2 heterocycles. The summed E-state index contributed by atoms with van der Waals surface area (Å²) in [5.41, 5.74) is 5.44. The first-order valence-electron chi connectivity index (χ1n) is 10.2. The number of carbonyl (C=O) groups is 2. The van der Waals surface area contributed by atoms with E-state index in [0.717, 1.165) is 35.0 Å². The van der Waals surface area contributed by atoms with E-state index in [1.165, 1.54) is 35.6 Å². The Morgan fingerprint density at radius 3 is 2.55 bits per heavy atom. The fraction of sp³-hybridized carbons (Fsp3) is 0.333. The highest BCUT2D eigenvalue weighted by molar-refractivity contribution is 7.99. The summed E-state index contributed by atoms with van der Waals surface area (Å²) in [6.45, 7) is 6.40. The summed E-state index contributed by atoms with van der Waals surface area (Å²) in [5, 5.41) is 11.8. The minimum absolute atomic E-state index is 0.0616. The Balaban J connectivity index is 1.67. The Labute approximate surface area is 197 Å². The Bertz CT molecular complexity index is 1270. The van der Waals surface area contributed by atoms with Gasteiger partial charge < -0.3 is 0 Å². The van der Waals surface area contributed by atoms with E-state index in [2.05, 4.69) is 15.8 Å². The van der Waals surface area contributed by atoms with E-state index in [1.807, 2.05) is 20.8 Å². The van der Waals surface area contributed by atoms with Gasteiger partial charge in [-0.1, -0.05) is 25.1 Å². The number of hydrogen-bond donors (Lipinski definition) is 2. The number of amides is 2. The second-order valence-corrected chi connectivity index (χ2v) is 9.41. The number of thioether (sulfide) groups is 1. The summed E-state index contributed by atoms with van der Waals surface area (Å²) < 4.78 is 1.61. The zero-order valence-electron chi connectivity index (χ0n) is 18.3. The number of nitro benzene ring substituents is 1. The van der Waals surface area contributed by atoms with Crippen LogP contribution in [-0.2, 0) is 11.3 Å². The molecule has 0 aliphatic rings. The molecule has 10 nitrogen and oxygen atoms in total. The number of rotatable bonds is 8. The summed E-state index contributed by atoms with van der Waals surface area (Å²) in [6.07, 6.45) is 1.71. The number of nitro groups is 1. The number of carbonyl (C=O) groups excluding carboxylic acids is 2. The molecule has 0 unspecified atom stereocenters. The molecule has 2 amide bonds. The maximum atomic E-state index is 13.1. The number of nitrogens with one attached hydrogen (secondary N) is 2. The van der Waals surface area contributed by atoms with Gasteiger partial charge in [0.05, 0.1) is 16.1 Å². The SMILES string of the molecule is CCCCn1c(SCC(=O)NNC(=O)c2ccc([N+](=O)[O-])cc2)nc2sc(C)c(C)c2c1=O. The molecule has 2 aromatic heterocycles. The van der Waals surface area contributed by atoms with Crippen molar-refractivity contribution in [1.29, 1.82) is 0 Å². The van der Waals surface area contributed by atoms with Crippen LogP contribution in [0.15, 0.2) is 34.2 Å². The monoisotopic (exact) mass is 489 g/mol. The number of hydrazine groups is 1. The zero-order valence-corrected chi connectivity index (χ0v) is 20.0. The van der Waals surface area contributed by atoms with E-state index in [4.69, 9.17) is 0 Å². The molecule has 1 aromatic carbocycles. The largest absolute Gasteiger partial charge is 0.287 e. The Morgan fingerprint density at radius 1 is 1.21 bits per heavy atom. The summed E-state index contributed by atoms with van der Waals surface area (Å²) in [5.74, 6) is -1.15. The molecule has 0 aliphatic carbocycles. The Kier molecular flexibility index (Phi) is 7.82. The predicted molar refractivity (Wildman–Crippen MR) is 128 cm³/mol. The molecule has 0 radical (unpaired) electrons. The van der Waals surface area contributed by atoms with Gasteiger partial charge in [-0.2, -0.15) is 0 Å². The average Bonchev–Trinajstić information content (AvgIpc) is 3.08. The molecule has 0 aliphatic heterocycles. The van der Waals surface area contributed by atoms with Gasteiger partial charge in [0, 0.05) is 29.1 Å². The maximum Gasteiger partial charge on any atom is 0.269 e. The van der Waals surface area contributed by atoms with E-state index < -0.39 is 16.7 Å². The highest BCUT2D eigenvalue weighted by Crippen LogP contribution is 2.28. The third-order valence-corrected chi connectivity index (χ3v) is 7.05. The van der Waals surface area contributed by atoms with E-state index in [9.17, 15) is 24.5 Å². The third-order valence-electron chi connectivity index (χ3n) is 4.98. The second-order valence-electron chi connectivity index (χ2n) is 7.26. The molecular weight excluding hydrogens is 466 g/mol. The van der Waals surface area contributed by atoms with Gasteiger partial charge in [-0.05, 0) is 38.0 Å². The number of aryl methyl sites for hydroxylation is 2. The van der Waals surface area contributed by atoms with Gasteiger partial charge in [0.15, 0.2) is 5.16 Å². The van der Waals surface area contributed by atoms with Crippen LogP contribution >= 0.6 is 23.1 Å². The highest BCUT2D eigenvalue weighted by atomic mass is 32.2. The number of benzene rings is 1. The number of unbranched alkanes of at least 4 members (excludes halogenated alkanes) is 1. The van der Waals surface area contributed by atoms with Crippen LogP contribution in [0.25, 0.3) is 10.2 Å². The minimum Gasteiger partial charge on any atom is -0.287 e. The summed E-state index contributed by atoms with van der Waals surface area (Å²) in [7, 11) is 0. The molecule has 0 saturated heterocycles. The molecule has 3 aromatic rings. The van der Waals surface area contributed by atoms with Crippen LogP contribution in [0.3, 0.4) is 0 Å². The Hall–Kier alpha value is -3.25. The lowest BCUT2D eigenvalue weighted by Crippen LogP contribution is -2.42. The van der Waals surface area contributed by atoms with Crippen molar-refractivity contribution in [1.82, 2.24) is 20.4 Å². The van der Waals surface area contributed by atoms with Crippen LogP contribution in [0.4, 0.5) is 5.69 Å². The lowest BCUT2D eigenvalue weighted by molar-refractivity contribution is -0.384. The number of thiophene rings is 1. The van der Waals surface area contributed by atoms with Gasteiger partial charge in [0.25, 0.3) is 17.2 Å². The first kappa shape index (κ1) is 24.4. The lowest BCUT2D eigenvalue weighted by Gasteiger charge is -2.12. The smallest absolute Gasteiger partial charge is 0.269 e. The van der Waals surface area contributed by atoms with Crippen LogP contribution in [-0.4, -0.2) is 32.0 Å². The van der Waals surface area contributed by atoms with Crippen molar-refractivity contribution in [2.75, 3.05) is 5.75 Å². The molecule has 12 heteroatoms. The number of hydrogen-bond acceptors (Lipinski definition) is 8. The fourth-order valence-corrected chi connectivity index (χ4v) is 4.93. The first-order chi connectivity index (χ1) is 15.7. The molecule has 0 spiro atoms. The third kappa shape index (κ3) is 5.57. The van der Waals surface area contributed by atoms with Gasteiger partial charge in [0.2, 0.25) is 5.91 Å². The number of fused-ring (bicyclic) bond motifs is 1. The van der Waals surface area contributed by atoms with Crippen molar-refractivity contribution in [3.8, 4) is 0 Å². The van der Waals surface area contributed by atoms with Crippen molar-refractivity contribution >= 4 is 50.8 Å². The predicted octanol–water partition coefficient (Wildman–Crippen LogP) is 3.34. The van der Waals surface area contributed by atoms with Gasteiger partial charge >= 0.3 is 0 Å². The zero-order chi connectivity index (χ0) is 24.1. The highest BCUT2D eigenvalue weighted by Gasteiger charge is 2.18. The maximum absolute atomic E-state index is 13.1.